The Balaban J connectivity index is 1.91. The molecule has 0 aliphatic rings. The van der Waals surface area contributed by atoms with Crippen molar-refractivity contribution in [2.75, 3.05) is 10.6 Å². The Labute approximate surface area is 187 Å². The molecule has 3 aromatic rings. The average Bonchev–Trinajstić information content (AvgIpc) is 2.77. The number of carbonyl (C=O) groups is 2. The van der Waals surface area contributed by atoms with Gasteiger partial charge in [0.15, 0.2) is 0 Å². The standard InChI is InChI=1S/C25H28N4O3/c1-6-23(30)26-22-14-19(10-9-17(22)4)20-11-12-24(31)29(28-20)18(5)25(32)27-21-13-15(2)7-8-16(21)3/h7-14,18H,6H2,1-5H3,(H,26,30)(H,27,32)/t18-/m0/s1. The molecule has 0 aliphatic heterocycles. The average molecular weight is 433 g/mol. The van der Waals surface area contributed by atoms with Crippen molar-refractivity contribution in [3.63, 3.8) is 0 Å². The van der Waals surface area contributed by atoms with E-state index in [0.717, 1.165) is 22.3 Å². The molecule has 0 saturated carbocycles. The van der Waals surface area contributed by atoms with Crippen LogP contribution in [-0.2, 0) is 9.59 Å². The number of nitrogens with zero attached hydrogens (tertiary/aromatic N) is 2. The summed E-state index contributed by atoms with van der Waals surface area (Å²) in [4.78, 5) is 37.2. The van der Waals surface area contributed by atoms with Gasteiger partial charge in [-0.1, -0.05) is 31.2 Å². The first-order chi connectivity index (χ1) is 15.2. The van der Waals surface area contributed by atoms with Gasteiger partial charge in [-0.2, -0.15) is 5.10 Å². The molecule has 2 amide bonds. The topological polar surface area (TPSA) is 93.1 Å². The van der Waals surface area contributed by atoms with Crippen LogP contribution in [0.2, 0.25) is 0 Å². The van der Waals surface area contributed by atoms with Crippen LogP contribution in [0.15, 0.2) is 53.3 Å². The monoisotopic (exact) mass is 432 g/mol. The molecule has 1 heterocycles. The van der Waals surface area contributed by atoms with E-state index in [1.807, 2.05) is 57.2 Å². The highest BCUT2D eigenvalue weighted by atomic mass is 16.2. The molecular formula is C25H28N4O3. The molecular weight excluding hydrogens is 404 g/mol. The molecule has 0 saturated heterocycles. The summed E-state index contributed by atoms with van der Waals surface area (Å²) in [5, 5.41) is 10.2. The third kappa shape index (κ3) is 5.11. The zero-order valence-electron chi connectivity index (χ0n) is 19.0. The van der Waals surface area contributed by atoms with Crippen LogP contribution in [0.3, 0.4) is 0 Å². The van der Waals surface area contributed by atoms with E-state index in [2.05, 4.69) is 15.7 Å². The molecule has 32 heavy (non-hydrogen) atoms. The third-order valence-electron chi connectivity index (χ3n) is 5.35. The summed E-state index contributed by atoms with van der Waals surface area (Å²) in [5.41, 5.74) is 5.18. The van der Waals surface area contributed by atoms with Crippen molar-refractivity contribution in [2.24, 2.45) is 0 Å². The smallest absolute Gasteiger partial charge is 0.267 e. The number of amides is 2. The summed E-state index contributed by atoms with van der Waals surface area (Å²) in [7, 11) is 0. The fourth-order valence-electron chi connectivity index (χ4n) is 3.23. The van der Waals surface area contributed by atoms with Crippen LogP contribution >= 0.6 is 0 Å². The lowest BCUT2D eigenvalue weighted by Gasteiger charge is -2.17. The predicted octanol–water partition coefficient (Wildman–Crippen LogP) is 4.38. The fourth-order valence-corrected chi connectivity index (χ4v) is 3.23. The molecule has 0 unspecified atom stereocenters. The van der Waals surface area contributed by atoms with Gasteiger partial charge in [0.2, 0.25) is 11.8 Å². The van der Waals surface area contributed by atoms with Crippen LogP contribution in [0.1, 0.15) is 43.0 Å². The lowest BCUT2D eigenvalue weighted by atomic mass is 10.1. The van der Waals surface area contributed by atoms with E-state index in [9.17, 15) is 14.4 Å². The Kier molecular flexibility index (Phi) is 6.88. The lowest BCUT2D eigenvalue weighted by Crippen LogP contribution is -2.33. The molecule has 3 rings (SSSR count). The number of hydrogen-bond donors (Lipinski definition) is 2. The number of rotatable bonds is 6. The van der Waals surface area contributed by atoms with Gasteiger partial charge < -0.3 is 10.6 Å². The second-order valence-corrected chi connectivity index (χ2v) is 7.92. The number of benzene rings is 2. The highest BCUT2D eigenvalue weighted by molar-refractivity contribution is 5.94. The van der Waals surface area contributed by atoms with E-state index in [-0.39, 0.29) is 17.4 Å². The van der Waals surface area contributed by atoms with E-state index in [4.69, 9.17) is 0 Å². The van der Waals surface area contributed by atoms with E-state index in [1.165, 1.54) is 10.7 Å². The number of carbonyl (C=O) groups excluding carboxylic acids is 2. The zero-order valence-corrected chi connectivity index (χ0v) is 19.0. The van der Waals surface area contributed by atoms with E-state index in [0.29, 0.717) is 23.5 Å². The SMILES string of the molecule is CCC(=O)Nc1cc(-c2ccc(=O)n([C@@H](C)C(=O)Nc3cc(C)ccc3C)n2)ccc1C. The molecule has 7 heteroatoms. The Hall–Kier alpha value is -3.74. The molecule has 0 aliphatic carbocycles. The maximum Gasteiger partial charge on any atom is 0.267 e. The summed E-state index contributed by atoms with van der Waals surface area (Å²) in [5.74, 6) is -0.412. The van der Waals surface area contributed by atoms with Crippen LogP contribution in [0.25, 0.3) is 11.3 Å². The molecule has 0 radical (unpaired) electrons. The van der Waals surface area contributed by atoms with Crippen molar-refractivity contribution in [3.8, 4) is 11.3 Å². The number of aryl methyl sites for hydroxylation is 3. The maximum atomic E-state index is 12.9. The van der Waals surface area contributed by atoms with Gasteiger partial charge in [-0.05, 0) is 62.6 Å². The van der Waals surface area contributed by atoms with Gasteiger partial charge in [0, 0.05) is 29.4 Å². The van der Waals surface area contributed by atoms with Gasteiger partial charge in [0.25, 0.3) is 5.56 Å². The Bertz CT molecular complexity index is 1230. The molecule has 0 bridgehead atoms. The van der Waals surface area contributed by atoms with Gasteiger partial charge >= 0.3 is 0 Å². The summed E-state index contributed by atoms with van der Waals surface area (Å²) in [6, 6.07) is 13.6. The van der Waals surface area contributed by atoms with Crippen LogP contribution in [0.5, 0.6) is 0 Å². The largest absolute Gasteiger partial charge is 0.326 e. The van der Waals surface area contributed by atoms with E-state index in [1.54, 1.807) is 19.9 Å². The van der Waals surface area contributed by atoms with Crippen molar-refractivity contribution in [3.05, 3.63) is 75.6 Å². The van der Waals surface area contributed by atoms with Crippen LogP contribution in [-0.4, -0.2) is 21.6 Å². The van der Waals surface area contributed by atoms with Gasteiger partial charge in [0.1, 0.15) is 6.04 Å². The number of hydrogen-bond acceptors (Lipinski definition) is 4. The predicted molar refractivity (Wildman–Crippen MR) is 127 cm³/mol. The number of anilines is 2. The van der Waals surface area contributed by atoms with E-state index < -0.39 is 6.04 Å². The maximum absolute atomic E-state index is 12.9. The minimum atomic E-state index is -0.813. The highest BCUT2D eigenvalue weighted by Gasteiger charge is 2.19. The summed E-state index contributed by atoms with van der Waals surface area (Å²) >= 11 is 0. The first kappa shape index (κ1) is 22.9. The zero-order chi connectivity index (χ0) is 23.4. The highest BCUT2D eigenvalue weighted by Crippen LogP contribution is 2.24. The van der Waals surface area contributed by atoms with Crippen LogP contribution in [0, 0.1) is 20.8 Å². The van der Waals surface area contributed by atoms with E-state index >= 15 is 0 Å². The van der Waals surface area contributed by atoms with Crippen molar-refractivity contribution in [1.29, 1.82) is 0 Å². The normalized spacial score (nSPS) is 11.7. The Morgan fingerprint density at radius 2 is 1.59 bits per heavy atom. The molecule has 1 aromatic heterocycles. The van der Waals surface area contributed by atoms with Crippen molar-refractivity contribution in [2.45, 2.75) is 47.1 Å². The van der Waals surface area contributed by atoms with Crippen LogP contribution in [0.4, 0.5) is 11.4 Å². The Morgan fingerprint density at radius 3 is 2.28 bits per heavy atom. The second-order valence-electron chi connectivity index (χ2n) is 7.92. The molecule has 0 spiro atoms. The molecule has 1 atom stereocenters. The van der Waals surface area contributed by atoms with Crippen molar-refractivity contribution < 1.29 is 9.59 Å². The first-order valence-corrected chi connectivity index (χ1v) is 10.6. The van der Waals surface area contributed by atoms with Gasteiger partial charge in [-0.25, -0.2) is 4.68 Å². The number of aromatic nitrogens is 2. The van der Waals surface area contributed by atoms with Gasteiger partial charge in [0.05, 0.1) is 5.69 Å². The summed E-state index contributed by atoms with van der Waals surface area (Å²) < 4.78 is 1.18. The molecule has 166 valence electrons. The molecule has 7 nitrogen and oxygen atoms in total. The minimum Gasteiger partial charge on any atom is -0.326 e. The van der Waals surface area contributed by atoms with Crippen molar-refractivity contribution in [1.82, 2.24) is 9.78 Å². The van der Waals surface area contributed by atoms with Crippen LogP contribution < -0.4 is 16.2 Å². The molecule has 0 fully saturated rings. The lowest BCUT2D eigenvalue weighted by molar-refractivity contribution is -0.119. The summed E-state index contributed by atoms with van der Waals surface area (Å²) in [6.45, 7) is 9.20. The first-order valence-electron chi connectivity index (χ1n) is 10.6. The number of nitrogens with one attached hydrogen (secondary N) is 2. The Morgan fingerprint density at radius 1 is 0.938 bits per heavy atom. The third-order valence-corrected chi connectivity index (χ3v) is 5.35. The minimum absolute atomic E-state index is 0.0834. The van der Waals surface area contributed by atoms with Gasteiger partial charge in [-0.15, -0.1) is 0 Å². The molecule has 2 aromatic carbocycles. The second kappa shape index (κ2) is 9.60. The summed E-state index contributed by atoms with van der Waals surface area (Å²) in [6.07, 6.45) is 0.375. The van der Waals surface area contributed by atoms with Gasteiger partial charge in [-0.3, -0.25) is 14.4 Å². The fraction of sp³-hybridized carbons (Fsp3) is 0.280. The quantitative estimate of drug-likeness (QED) is 0.604. The molecule has 2 N–H and O–H groups in total. The van der Waals surface area contributed by atoms with Crippen molar-refractivity contribution >= 4 is 23.2 Å².